The Morgan fingerprint density at radius 2 is 2.24 bits per heavy atom. The van der Waals surface area contributed by atoms with Crippen molar-refractivity contribution < 1.29 is 9.18 Å². The molecule has 0 saturated heterocycles. The molecule has 3 nitrogen and oxygen atoms in total. The van der Waals surface area contributed by atoms with Crippen molar-refractivity contribution in [2.45, 2.75) is 32.4 Å². The minimum atomic E-state index is -0.460. The number of hydrogen-bond acceptors (Lipinski definition) is 2. The third-order valence-electron chi connectivity index (χ3n) is 2.60. The molecule has 17 heavy (non-hydrogen) atoms. The Balaban J connectivity index is 2.59. The topological polar surface area (TPSA) is 46.3 Å². The summed E-state index contributed by atoms with van der Waals surface area (Å²) in [6.07, 6.45) is 1.55. The van der Waals surface area contributed by atoms with Crippen LogP contribution in [0.25, 0.3) is 0 Å². The summed E-state index contributed by atoms with van der Waals surface area (Å²) in [5.41, 5.74) is 6.52. The zero-order valence-electron chi connectivity index (χ0n) is 10.3. The predicted molar refractivity (Wildman–Crippen MR) is 65.8 cm³/mol. The fraction of sp³-hybridized carbons (Fsp3) is 0.462. The summed E-state index contributed by atoms with van der Waals surface area (Å²) in [5, 5.41) is 0. The zero-order chi connectivity index (χ0) is 12.8. The third kappa shape index (κ3) is 4.15. The van der Waals surface area contributed by atoms with Gasteiger partial charge in [0.15, 0.2) is 0 Å². The lowest BCUT2D eigenvalue weighted by Crippen LogP contribution is -2.41. The molecule has 4 heteroatoms. The second-order valence-electron chi connectivity index (χ2n) is 4.22. The Kier molecular flexibility index (Phi) is 5.10. The quantitative estimate of drug-likeness (QED) is 0.851. The lowest BCUT2D eigenvalue weighted by molar-refractivity contribution is -0.132. The molecular formula is C13H19FN2O. The van der Waals surface area contributed by atoms with Crippen molar-refractivity contribution in [2.24, 2.45) is 5.73 Å². The lowest BCUT2D eigenvalue weighted by Gasteiger charge is -2.21. The van der Waals surface area contributed by atoms with Gasteiger partial charge in [-0.05, 0) is 24.1 Å². The molecule has 1 rings (SSSR count). The Bertz CT molecular complexity index is 381. The zero-order valence-corrected chi connectivity index (χ0v) is 10.3. The first-order valence-corrected chi connectivity index (χ1v) is 5.79. The van der Waals surface area contributed by atoms with E-state index in [0.717, 1.165) is 12.0 Å². The van der Waals surface area contributed by atoms with Crippen LogP contribution in [0.4, 0.5) is 4.39 Å². The number of hydrogen-bond donors (Lipinski definition) is 1. The van der Waals surface area contributed by atoms with Crippen LogP contribution in [0.3, 0.4) is 0 Å². The van der Waals surface area contributed by atoms with Crippen LogP contribution in [0.15, 0.2) is 24.3 Å². The van der Waals surface area contributed by atoms with Crippen LogP contribution in [-0.4, -0.2) is 23.9 Å². The van der Waals surface area contributed by atoms with Crippen molar-refractivity contribution in [3.05, 3.63) is 35.6 Å². The highest BCUT2D eigenvalue weighted by molar-refractivity contribution is 5.81. The number of benzene rings is 1. The van der Waals surface area contributed by atoms with Gasteiger partial charge >= 0.3 is 0 Å². The number of carbonyl (C=O) groups is 1. The first-order valence-electron chi connectivity index (χ1n) is 5.79. The fourth-order valence-corrected chi connectivity index (χ4v) is 1.70. The molecule has 0 fully saturated rings. The average Bonchev–Trinajstić information content (AvgIpc) is 2.28. The molecule has 0 bridgehead atoms. The highest BCUT2D eigenvalue weighted by Crippen LogP contribution is 2.08. The van der Waals surface area contributed by atoms with Crippen LogP contribution >= 0.6 is 0 Å². The van der Waals surface area contributed by atoms with Crippen LogP contribution in [0.2, 0.25) is 0 Å². The van der Waals surface area contributed by atoms with E-state index in [1.54, 1.807) is 19.2 Å². The Hall–Kier alpha value is -1.42. The largest absolute Gasteiger partial charge is 0.340 e. The molecule has 0 radical (unpaired) electrons. The van der Waals surface area contributed by atoms with Gasteiger partial charge in [0.2, 0.25) is 5.91 Å². The monoisotopic (exact) mass is 238 g/mol. The van der Waals surface area contributed by atoms with E-state index in [1.807, 2.05) is 6.92 Å². The molecule has 2 N–H and O–H groups in total. The molecule has 0 saturated carbocycles. The molecule has 0 aliphatic rings. The van der Waals surface area contributed by atoms with Crippen LogP contribution < -0.4 is 5.73 Å². The minimum Gasteiger partial charge on any atom is -0.340 e. The Morgan fingerprint density at radius 3 is 2.82 bits per heavy atom. The maximum absolute atomic E-state index is 13.0. The van der Waals surface area contributed by atoms with Gasteiger partial charge in [-0.15, -0.1) is 0 Å². The number of carbonyl (C=O) groups excluding carboxylic acids is 1. The fourth-order valence-electron chi connectivity index (χ4n) is 1.70. The summed E-state index contributed by atoms with van der Waals surface area (Å²) in [4.78, 5) is 13.4. The highest BCUT2D eigenvalue weighted by Gasteiger charge is 2.17. The molecule has 0 heterocycles. The van der Waals surface area contributed by atoms with Gasteiger partial charge in [-0.1, -0.05) is 25.5 Å². The Morgan fingerprint density at radius 1 is 1.53 bits per heavy atom. The van der Waals surface area contributed by atoms with E-state index in [4.69, 9.17) is 5.73 Å². The lowest BCUT2D eigenvalue weighted by atomic mass is 10.1. The van der Waals surface area contributed by atoms with Crippen LogP contribution in [-0.2, 0) is 11.3 Å². The molecular weight excluding hydrogens is 219 g/mol. The second-order valence-corrected chi connectivity index (χ2v) is 4.22. The van der Waals surface area contributed by atoms with E-state index in [0.29, 0.717) is 13.0 Å². The van der Waals surface area contributed by atoms with Crippen molar-refractivity contribution in [1.29, 1.82) is 0 Å². The summed E-state index contributed by atoms with van der Waals surface area (Å²) >= 11 is 0. The summed E-state index contributed by atoms with van der Waals surface area (Å²) in [6, 6.07) is 5.77. The molecule has 1 aromatic carbocycles. The van der Waals surface area contributed by atoms with E-state index in [-0.39, 0.29) is 11.7 Å². The molecule has 0 spiro atoms. The molecule has 1 unspecified atom stereocenters. The molecule has 0 aliphatic carbocycles. The smallest absolute Gasteiger partial charge is 0.239 e. The van der Waals surface area contributed by atoms with E-state index >= 15 is 0 Å². The summed E-state index contributed by atoms with van der Waals surface area (Å²) in [5.74, 6) is -0.391. The summed E-state index contributed by atoms with van der Waals surface area (Å²) in [6.45, 7) is 2.37. The number of halogens is 1. The van der Waals surface area contributed by atoms with Crippen LogP contribution in [0.5, 0.6) is 0 Å². The van der Waals surface area contributed by atoms with Gasteiger partial charge in [0, 0.05) is 13.6 Å². The molecule has 0 aliphatic heterocycles. The van der Waals surface area contributed by atoms with Crippen LogP contribution in [0, 0.1) is 5.82 Å². The molecule has 1 aromatic rings. The van der Waals surface area contributed by atoms with E-state index in [1.165, 1.54) is 17.0 Å². The van der Waals surface area contributed by atoms with Crippen molar-refractivity contribution in [2.75, 3.05) is 7.05 Å². The first-order chi connectivity index (χ1) is 8.04. The molecule has 0 aromatic heterocycles. The van der Waals surface area contributed by atoms with Crippen molar-refractivity contribution >= 4 is 5.91 Å². The van der Waals surface area contributed by atoms with Crippen molar-refractivity contribution in [3.63, 3.8) is 0 Å². The van der Waals surface area contributed by atoms with Gasteiger partial charge in [0.25, 0.3) is 0 Å². The molecule has 1 atom stereocenters. The summed E-state index contributed by atoms with van der Waals surface area (Å²) in [7, 11) is 1.68. The van der Waals surface area contributed by atoms with E-state index < -0.39 is 6.04 Å². The highest BCUT2D eigenvalue weighted by atomic mass is 19.1. The number of nitrogens with two attached hydrogens (primary N) is 1. The van der Waals surface area contributed by atoms with E-state index in [2.05, 4.69) is 0 Å². The maximum Gasteiger partial charge on any atom is 0.239 e. The SMILES string of the molecule is CCCC(N)C(=O)N(C)Cc1cccc(F)c1. The van der Waals surface area contributed by atoms with Gasteiger partial charge in [-0.25, -0.2) is 4.39 Å². The third-order valence-corrected chi connectivity index (χ3v) is 2.60. The average molecular weight is 238 g/mol. The van der Waals surface area contributed by atoms with E-state index in [9.17, 15) is 9.18 Å². The first kappa shape index (κ1) is 13.6. The molecule has 1 amide bonds. The van der Waals surface area contributed by atoms with Gasteiger partial charge in [0.05, 0.1) is 6.04 Å². The van der Waals surface area contributed by atoms with Crippen molar-refractivity contribution in [1.82, 2.24) is 4.90 Å². The normalized spacial score (nSPS) is 12.2. The van der Waals surface area contributed by atoms with Gasteiger partial charge in [-0.3, -0.25) is 4.79 Å². The van der Waals surface area contributed by atoms with Gasteiger partial charge < -0.3 is 10.6 Å². The number of nitrogens with zero attached hydrogens (tertiary/aromatic N) is 1. The minimum absolute atomic E-state index is 0.101. The summed E-state index contributed by atoms with van der Waals surface area (Å²) < 4.78 is 13.0. The second kappa shape index (κ2) is 6.35. The number of rotatable bonds is 5. The van der Waals surface area contributed by atoms with Crippen molar-refractivity contribution in [3.8, 4) is 0 Å². The van der Waals surface area contributed by atoms with Crippen LogP contribution in [0.1, 0.15) is 25.3 Å². The number of amides is 1. The van der Waals surface area contributed by atoms with Gasteiger partial charge in [-0.2, -0.15) is 0 Å². The maximum atomic E-state index is 13.0. The Labute approximate surface area is 101 Å². The predicted octanol–water partition coefficient (Wildman–Crippen LogP) is 1.91. The number of likely N-dealkylation sites (N-methyl/N-ethyl adjacent to an activating group) is 1. The molecule has 94 valence electrons. The standard InChI is InChI=1S/C13H19FN2O/c1-3-5-12(15)13(17)16(2)9-10-6-4-7-11(14)8-10/h4,6-8,12H,3,5,9,15H2,1-2H3. The van der Waals surface area contributed by atoms with Gasteiger partial charge in [0.1, 0.15) is 5.82 Å².